The molecule has 1 N–H and O–H groups in total. The Balaban J connectivity index is 1.84. The molecular formula is C11H19N3O. The summed E-state index contributed by atoms with van der Waals surface area (Å²) in [5.41, 5.74) is 0. The Morgan fingerprint density at radius 2 is 2.53 bits per heavy atom. The Bertz CT molecular complexity index is 275. The number of hydrogen-bond donors (Lipinski definition) is 1. The van der Waals surface area contributed by atoms with E-state index in [1.54, 1.807) is 0 Å². The number of hydrogen-bond acceptors (Lipinski definition) is 4. The number of nitrogens with one attached hydrogen (secondary N) is 1. The van der Waals surface area contributed by atoms with E-state index in [0.717, 1.165) is 44.9 Å². The minimum atomic E-state index is 0.230. The third-order valence-corrected chi connectivity index (χ3v) is 3.17. The fourth-order valence-electron chi connectivity index (χ4n) is 2.30. The number of Topliss-reactive ketones (excluding diaryl/α,β-unsaturated/α-hetero) is 1. The number of piperidine rings is 1. The zero-order chi connectivity index (χ0) is 10.7. The van der Waals surface area contributed by atoms with Gasteiger partial charge in [0.15, 0.2) is 0 Å². The van der Waals surface area contributed by atoms with Crippen LogP contribution in [0.2, 0.25) is 0 Å². The molecule has 0 aromatic rings. The van der Waals surface area contributed by atoms with E-state index in [-0.39, 0.29) is 5.92 Å². The largest absolute Gasteiger partial charge is 0.372 e. The highest BCUT2D eigenvalue weighted by atomic mass is 16.1. The second-order valence-electron chi connectivity index (χ2n) is 4.50. The van der Waals surface area contributed by atoms with Gasteiger partial charge in [0.1, 0.15) is 11.6 Å². The van der Waals surface area contributed by atoms with Crippen molar-refractivity contribution < 1.29 is 4.79 Å². The Morgan fingerprint density at radius 1 is 1.67 bits per heavy atom. The fraction of sp³-hybridized carbons (Fsp3) is 0.818. The van der Waals surface area contributed by atoms with Gasteiger partial charge in [0.05, 0.1) is 13.0 Å². The first-order chi connectivity index (χ1) is 7.25. The van der Waals surface area contributed by atoms with Crippen LogP contribution in [0.1, 0.15) is 19.3 Å². The van der Waals surface area contributed by atoms with Gasteiger partial charge in [-0.15, -0.1) is 0 Å². The van der Waals surface area contributed by atoms with Crippen molar-refractivity contribution in [1.29, 1.82) is 0 Å². The Morgan fingerprint density at radius 3 is 3.20 bits per heavy atom. The summed E-state index contributed by atoms with van der Waals surface area (Å²) in [7, 11) is 2.09. The molecule has 0 radical (unpaired) electrons. The SMILES string of the molecule is CN1CCCC(C(=O)CC2=NCCN2)C1. The van der Waals surface area contributed by atoms with Crippen LogP contribution in [0.15, 0.2) is 4.99 Å². The Kier molecular flexibility index (Phi) is 3.36. The van der Waals surface area contributed by atoms with Gasteiger partial charge in [0.2, 0.25) is 0 Å². The van der Waals surface area contributed by atoms with Crippen molar-refractivity contribution in [2.45, 2.75) is 19.3 Å². The number of nitrogens with zero attached hydrogens (tertiary/aromatic N) is 2. The summed E-state index contributed by atoms with van der Waals surface area (Å²) >= 11 is 0. The van der Waals surface area contributed by atoms with E-state index in [4.69, 9.17) is 0 Å². The zero-order valence-corrected chi connectivity index (χ0v) is 9.33. The molecule has 2 aliphatic rings. The molecule has 2 aliphatic heterocycles. The van der Waals surface area contributed by atoms with Gasteiger partial charge in [0, 0.05) is 19.0 Å². The lowest BCUT2D eigenvalue weighted by Crippen LogP contribution is -2.37. The van der Waals surface area contributed by atoms with Crippen molar-refractivity contribution in [1.82, 2.24) is 10.2 Å². The smallest absolute Gasteiger partial charge is 0.144 e. The number of carbonyl (C=O) groups excluding carboxylic acids is 1. The van der Waals surface area contributed by atoms with Crippen molar-refractivity contribution in [2.75, 3.05) is 33.2 Å². The second-order valence-corrected chi connectivity index (χ2v) is 4.50. The van der Waals surface area contributed by atoms with Crippen LogP contribution in [0.4, 0.5) is 0 Å². The van der Waals surface area contributed by atoms with Gasteiger partial charge in [0.25, 0.3) is 0 Å². The molecule has 0 aromatic heterocycles. The predicted molar refractivity (Wildman–Crippen MR) is 60.1 cm³/mol. The lowest BCUT2D eigenvalue weighted by atomic mass is 9.92. The zero-order valence-electron chi connectivity index (χ0n) is 9.33. The minimum absolute atomic E-state index is 0.230. The van der Waals surface area contributed by atoms with Crippen LogP contribution in [0.25, 0.3) is 0 Å². The maximum atomic E-state index is 12.0. The Labute approximate surface area is 90.7 Å². The molecule has 0 amide bonds. The van der Waals surface area contributed by atoms with Gasteiger partial charge in [-0.25, -0.2) is 0 Å². The van der Waals surface area contributed by atoms with Gasteiger partial charge in [-0.2, -0.15) is 0 Å². The van der Waals surface area contributed by atoms with Crippen LogP contribution in [-0.2, 0) is 4.79 Å². The molecule has 0 saturated carbocycles. The van der Waals surface area contributed by atoms with Crippen molar-refractivity contribution >= 4 is 11.6 Å². The van der Waals surface area contributed by atoms with E-state index in [0.29, 0.717) is 12.2 Å². The molecule has 1 atom stereocenters. The van der Waals surface area contributed by atoms with Gasteiger partial charge in [-0.1, -0.05) is 0 Å². The van der Waals surface area contributed by atoms with Crippen molar-refractivity contribution in [2.24, 2.45) is 10.9 Å². The summed E-state index contributed by atoms with van der Waals surface area (Å²) in [6.07, 6.45) is 2.71. The van der Waals surface area contributed by atoms with Crippen LogP contribution in [-0.4, -0.2) is 49.7 Å². The van der Waals surface area contributed by atoms with Crippen LogP contribution >= 0.6 is 0 Å². The van der Waals surface area contributed by atoms with Gasteiger partial charge >= 0.3 is 0 Å². The van der Waals surface area contributed by atoms with E-state index in [1.807, 2.05) is 0 Å². The number of likely N-dealkylation sites (tertiary alicyclic amines) is 1. The van der Waals surface area contributed by atoms with Crippen LogP contribution in [0.5, 0.6) is 0 Å². The number of aliphatic imine (C=N–C) groups is 1. The topological polar surface area (TPSA) is 44.7 Å². The van der Waals surface area contributed by atoms with E-state index < -0.39 is 0 Å². The Hall–Kier alpha value is -0.900. The number of rotatable bonds is 3. The first kappa shape index (κ1) is 10.6. The highest BCUT2D eigenvalue weighted by Gasteiger charge is 2.25. The molecule has 4 heteroatoms. The second kappa shape index (κ2) is 4.75. The van der Waals surface area contributed by atoms with E-state index in [9.17, 15) is 4.79 Å². The molecule has 0 aromatic carbocycles. The lowest BCUT2D eigenvalue weighted by molar-refractivity contribution is -0.123. The number of ketones is 1. The van der Waals surface area contributed by atoms with Crippen molar-refractivity contribution in [3.63, 3.8) is 0 Å². The molecule has 1 fully saturated rings. The molecular weight excluding hydrogens is 190 g/mol. The standard InChI is InChI=1S/C11H19N3O/c1-14-6-2-3-9(8-14)10(15)7-11-12-4-5-13-11/h9H,2-8H2,1H3,(H,12,13). The third-order valence-electron chi connectivity index (χ3n) is 3.17. The molecule has 1 unspecified atom stereocenters. The first-order valence-corrected chi connectivity index (χ1v) is 5.74. The molecule has 2 heterocycles. The molecule has 1 saturated heterocycles. The molecule has 0 bridgehead atoms. The highest BCUT2D eigenvalue weighted by molar-refractivity contribution is 6.02. The van der Waals surface area contributed by atoms with Gasteiger partial charge < -0.3 is 10.2 Å². The molecule has 0 spiro atoms. The van der Waals surface area contributed by atoms with Crippen molar-refractivity contribution in [3.8, 4) is 0 Å². The molecule has 84 valence electrons. The summed E-state index contributed by atoms with van der Waals surface area (Å²) in [5.74, 6) is 1.48. The highest BCUT2D eigenvalue weighted by Crippen LogP contribution is 2.17. The summed E-state index contributed by atoms with van der Waals surface area (Å²) in [6.45, 7) is 3.77. The fourth-order valence-corrected chi connectivity index (χ4v) is 2.30. The van der Waals surface area contributed by atoms with Crippen LogP contribution in [0, 0.1) is 5.92 Å². The summed E-state index contributed by atoms with van der Waals surface area (Å²) in [5, 5.41) is 3.15. The average molecular weight is 209 g/mol. The normalized spacial score (nSPS) is 27.3. The predicted octanol–water partition coefficient (Wildman–Crippen LogP) is 0.289. The van der Waals surface area contributed by atoms with Crippen molar-refractivity contribution in [3.05, 3.63) is 0 Å². The van der Waals surface area contributed by atoms with Gasteiger partial charge in [-0.05, 0) is 26.4 Å². The minimum Gasteiger partial charge on any atom is -0.372 e. The lowest BCUT2D eigenvalue weighted by Gasteiger charge is -2.28. The molecule has 4 nitrogen and oxygen atoms in total. The number of carbonyl (C=O) groups is 1. The first-order valence-electron chi connectivity index (χ1n) is 5.74. The van der Waals surface area contributed by atoms with Gasteiger partial charge in [-0.3, -0.25) is 9.79 Å². The summed E-state index contributed by atoms with van der Waals surface area (Å²) in [6, 6.07) is 0. The molecule has 2 rings (SSSR count). The average Bonchev–Trinajstić information content (AvgIpc) is 2.70. The third kappa shape index (κ3) is 2.78. The monoisotopic (exact) mass is 209 g/mol. The maximum Gasteiger partial charge on any atom is 0.144 e. The summed E-state index contributed by atoms with van der Waals surface area (Å²) in [4.78, 5) is 18.5. The molecule has 0 aliphatic carbocycles. The maximum absolute atomic E-state index is 12.0. The van der Waals surface area contributed by atoms with Crippen LogP contribution < -0.4 is 5.32 Å². The summed E-state index contributed by atoms with van der Waals surface area (Å²) < 4.78 is 0. The van der Waals surface area contributed by atoms with Crippen LogP contribution in [0.3, 0.4) is 0 Å². The van der Waals surface area contributed by atoms with E-state index in [2.05, 4.69) is 22.3 Å². The van der Waals surface area contributed by atoms with E-state index >= 15 is 0 Å². The van der Waals surface area contributed by atoms with E-state index in [1.165, 1.54) is 0 Å². The quantitative estimate of drug-likeness (QED) is 0.726. The number of amidine groups is 1. The molecule has 15 heavy (non-hydrogen) atoms.